The lowest BCUT2D eigenvalue weighted by atomic mass is 10.1. The standard InChI is InChI=1S/C21H22F3N3O3S.ClH/c1-26(2)9-10-27(19(28)12-14-5-4-6-15(11-14)29-3)20-25-17-8-7-16(13-18(17)31-20)30-21(22,23)24;/h4-8,11,13H,9-10,12H2,1-3H3;1H. The Kier molecular flexibility index (Phi) is 8.71. The molecule has 0 aliphatic carbocycles. The molecule has 0 spiro atoms. The lowest BCUT2D eigenvalue weighted by Gasteiger charge is -2.22. The smallest absolute Gasteiger partial charge is 0.497 e. The minimum Gasteiger partial charge on any atom is -0.497 e. The third kappa shape index (κ3) is 6.98. The zero-order valence-corrected chi connectivity index (χ0v) is 19.3. The number of rotatable bonds is 8. The van der Waals surface area contributed by atoms with Gasteiger partial charge >= 0.3 is 6.36 Å². The number of alkyl halides is 3. The second kappa shape index (κ2) is 10.8. The average molecular weight is 490 g/mol. The maximum Gasteiger partial charge on any atom is 0.573 e. The molecule has 0 unspecified atom stereocenters. The normalized spacial score (nSPS) is 11.3. The molecule has 3 aromatic rings. The van der Waals surface area contributed by atoms with Gasteiger partial charge in [-0.2, -0.15) is 0 Å². The van der Waals surface area contributed by atoms with E-state index in [2.05, 4.69) is 9.72 Å². The van der Waals surface area contributed by atoms with E-state index < -0.39 is 6.36 Å². The maximum absolute atomic E-state index is 13.1. The van der Waals surface area contributed by atoms with Gasteiger partial charge in [0.15, 0.2) is 5.13 Å². The Morgan fingerprint density at radius 2 is 1.84 bits per heavy atom. The van der Waals surface area contributed by atoms with Crippen LogP contribution in [0.2, 0.25) is 0 Å². The Labute approximate surface area is 194 Å². The fraction of sp³-hybridized carbons (Fsp3) is 0.333. The first-order valence-electron chi connectivity index (χ1n) is 9.39. The van der Waals surface area contributed by atoms with Gasteiger partial charge in [0.1, 0.15) is 11.5 Å². The predicted molar refractivity (Wildman–Crippen MR) is 121 cm³/mol. The van der Waals surface area contributed by atoms with Crippen LogP contribution in [0.4, 0.5) is 18.3 Å². The first kappa shape index (κ1) is 25.7. The molecule has 0 N–H and O–H groups in total. The van der Waals surface area contributed by atoms with Gasteiger partial charge in [-0.3, -0.25) is 9.69 Å². The van der Waals surface area contributed by atoms with E-state index >= 15 is 0 Å². The Morgan fingerprint density at radius 3 is 2.50 bits per heavy atom. The molecule has 0 fully saturated rings. The number of ether oxygens (including phenoxy) is 2. The molecule has 0 atom stereocenters. The van der Waals surface area contributed by atoms with Gasteiger partial charge in [0.25, 0.3) is 0 Å². The second-order valence-electron chi connectivity index (χ2n) is 7.05. The molecule has 1 heterocycles. The summed E-state index contributed by atoms with van der Waals surface area (Å²) in [5, 5.41) is 0.425. The highest BCUT2D eigenvalue weighted by Crippen LogP contribution is 2.33. The molecule has 32 heavy (non-hydrogen) atoms. The molecule has 0 saturated heterocycles. The lowest BCUT2D eigenvalue weighted by molar-refractivity contribution is -0.274. The number of nitrogens with zero attached hydrogens (tertiary/aromatic N) is 3. The van der Waals surface area contributed by atoms with E-state index in [4.69, 9.17) is 4.74 Å². The van der Waals surface area contributed by atoms with Crippen molar-refractivity contribution in [1.82, 2.24) is 9.88 Å². The number of methoxy groups -OCH3 is 1. The highest BCUT2D eigenvalue weighted by Gasteiger charge is 2.31. The van der Waals surface area contributed by atoms with E-state index in [1.807, 2.05) is 31.1 Å². The molecule has 0 aliphatic heterocycles. The molecule has 3 rings (SSSR count). The molecule has 1 amide bonds. The SMILES string of the molecule is COc1cccc(CC(=O)N(CCN(C)C)c2nc3ccc(OC(F)(F)F)cc3s2)c1.Cl. The topological polar surface area (TPSA) is 54.9 Å². The summed E-state index contributed by atoms with van der Waals surface area (Å²) < 4.78 is 47.3. The van der Waals surface area contributed by atoms with E-state index in [0.29, 0.717) is 34.2 Å². The molecule has 2 aromatic carbocycles. The van der Waals surface area contributed by atoms with Crippen LogP contribution in [0.25, 0.3) is 10.2 Å². The Balaban J connectivity index is 0.00000363. The third-order valence-electron chi connectivity index (χ3n) is 4.37. The average Bonchev–Trinajstić information content (AvgIpc) is 3.09. The fourth-order valence-corrected chi connectivity index (χ4v) is 3.92. The van der Waals surface area contributed by atoms with Crippen LogP contribution in [0.5, 0.6) is 11.5 Å². The molecule has 0 aliphatic rings. The first-order chi connectivity index (χ1) is 14.6. The van der Waals surface area contributed by atoms with Crippen molar-refractivity contribution in [3.8, 4) is 11.5 Å². The van der Waals surface area contributed by atoms with Gasteiger partial charge in [-0.15, -0.1) is 25.6 Å². The highest BCUT2D eigenvalue weighted by molar-refractivity contribution is 7.22. The predicted octanol–water partition coefficient (Wildman–Crippen LogP) is 4.76. The number of thiazole rings is 1. The Morgan fingerprint density at radius 1 is 1.09 bits per heavy atom. The van der Waals surface area contributed by atoms with E-state index in [1.165, 1.54) is 18.2 Å². The first-order valence-corrected chi connectivity index (χ1v) is 10.2. The van der Waals surface area contributed by atoms with Crippen molar-refractivity contribution in [2.75, 3.05) is 39.2 Å². The Bertz CT molecular complexity index is 1060. The van der Waals surface area contributed by atoms with E-state index in [1.54, 1.807) is 24.1 Å². The number of amides is 1. The number of halogens is 4. The van der Waals surface area contributed by atoms with Crippen LogP contribution in [-0.4, -0.2) is 56.4 Å². The molecule has 0 radical (unpaired) electrons. The highest BCUT2D eigenvalue weighted by atomic mass is 35.5. The summed E-state index contributed by atoms with van der Waals surface area (Å²) in [7, 11) is 5.34. The van der Waals surface area contributed by atoms with Crippen LogP contribution in [-0.2, 0) is 11.2 Å². The number of hydrogen-bond donors (Lipinski definition) is 0. The molecule has 11 heteroatoms. The van der Waals surface area contributed by atoms with Crippen molar-refractivity contribution in [3.63, 3.8) is 0 Å². The number of hydrogen-bond acceptors (Lipinski definition) is 6. The minimum absolute atomic E-state index is 0. The summed E-state index contributed by atoms with van der Waals surface area (Å²) in [6.07, 6.45) is -4.63. The summed E-state index contributed by atoms with van der Waals surface area (Å²) in [4.78, 5) is 21.1. The van der Waals surface area contributed by atoms with Gasteiger partial charge in [-0.05, 0) is 43.9 Å². The van der Waals surface area contributed by atoms with Gasteiger partial charge in [0, 0.05) is 19.2 Å². The van der Waals surface area contributed by atoms with Crippen LogP contribution in [0, 0.1) is 0 Å². The van der Waals surface area contributed by atoms with Crippen LogP contribution in [0.3, 0.4) is 0 Å². The van der Waals surface area contributed by atoms with Crippen LogP contribution in [0.15, 0.2) is 42.5 Å². The molecular weight excluding hydrogens is 467 g/mol. The van der Waals surface area contributed by atoms with E-state index in [9.17, 15) is 18.0 Å². The number of benzene rings is 2. The number of likely N-dealkylation sites (N-methyl/N-ethyl adjacent to an activating group) is 1. The number of aromatic nitrogens is 1. The summed E-state index contributed by atoms with van der Waals surface area (Å²) >= 11 is 1.15. The fourth-order valence-electron chi connectivity index (χ4n) is 2.88. The number of fused-ring (bicyclic) bond motifs is 1. The quantitative estimate of drug-likeness (QED) is 0.456. The summed E-state index contributed by atoms with van der Waals surface area (Å²) in [6, 6.07) is 11.2. The molecule has 6 nitrogen and oxygen atoms in total. The Hall–Kier alpha value is -2.56. The van der Waals surface area contributed by atoms with Gasteiger partial charge in [-0.25, -0.2) is 4.98 Å². The van der Waals surface area contributed by atoms with Crippen LogP contribution >= 0.6 is 23.7 Å². The zero-order valence-electron chi connectivity index (χ0n) is 17.7. The van der Waals surface area contributed by atoms with Gasteiger partial charge in [-0.1, -0.05) is 23.5 Å². The summed E-state index contributed by atoms with van der Waals surface area (Å²) in [6.45, 7) is 0.990. The van der Waals surface area contributed by atoms with Crippen molar-refractivity contribution < 1.29 is 27.4 Å². The largest absolute Gasteiger partial charge is 0.573 e. The van der Waals surface area contributed by atoms with Gasteiger partial charge < -0.3 is 14.4 Å². The number of carbonyl (C=O) groups is 1. The van der Waals surface area contributed by atoms with Crippen LogP contribution in [0.1, 0.15) is 5.56 Å². The monoisotopic (exact) mass is 489 g/mol. The minimum atomic E-state index is -4.77. The zero-order chi connectivity index (χ0) is 22.6. The third-order valence-corrected chi connectivity index (χ3v) is 5.42. The lowest BCUT2D eigenvalue weighted by Crippen LogP contribution is -2.37. The molecule has 1 aromatic heterocycles. The van der Waals surface area contributed by atoms with Crippen molar-refractivity contribution in [2.24, 2.45) is 0 Å². The molecule has 174 valence electrons. The second-order valence-corrected chi connectivity index (χ2v) is 8.06. The molecule has 0 bridgehead atoms. The summed E-state index contributed by atoms with van der Waals surface area (Å²) in [5.41, 5.74) is 1.29. The number of carbonyl (C=O) groups excluding carboxylic acids is 1. The number of anilines is 1. The van der Waals surface area contributed by atoms with E-state index in [-0.39, 0.29) is 30.5 Å². The molecular formula is C21H23ClF3N3O3S. The van der Waals surface area contributed by atoms with Gasteiger partial charge in [0.2, 0.25) is 5.91 Å². The maximum atomic E-state index is 13.1. The van der Waals surface area contributed by atoms with Crippen molar-refractivity contribution >= 4 is 45.0 Å². The van der Waals surface area contributed by atoms with Crippen molar-refractivity contribution in [1.29, 1.82) is 0 Å². The summed E-state index contributed by atoms with van der Waals surface area (Å²) in [5.74, 6) is 0.168. The van der Waals surface area contributed by atoms with Crippen molar-refractivity contribution in [3.05, 3.63) is 48.0 Å². The van der Waals surface area contributed by atoms with Crippen molar-refractivity contribution in [2.45, 2.75) is 12.8 Å². The van der Waals surface area contributed by atoms with E-state index in [0.717, 1.165) is 16.9 Å². The van der Waals surface area contributed by atoms with Gasteiger partial charge in [0.05, 0.1) is 23.7 Å². The molecule has 0 saturated carbocycles. The van der Waals surface area contributed by atoms with Crippen LogP contribution < -0.4 is 14.4 Å².